The maximum Gasteiger partial charge on any atom is 0.258 e. The van der Waals surface area contributed by atoms with Crippen LogP contribution in [0.4, 0.5) is 5.69 Å². The molecule has 0 saturated heterocycles. The van der Waals surface area contributed by atoms with Gasteiger partial charge in [0, 0.05) is 30.7 Å². The third-order valence-corrected chi connectivity index (χ3v) is 3.07. The predicted molar refractivity (Wildman–Crippen MR) is 80.8 cm³/mol. The number of hydrogen-bond acceptors (Lipinski definition) is 3. The Balaban J connectivity index is 1.74. The molecule has 0 radical (unpaired) electrons. The molecule has 0 aliphatic carbocycles. The average molecular weight is 278 g/mol. The van der Waals surface area contributed by atoms with E-state index < -0.39 is 0 Å². The fourth-order valence-corrected chi connectivity index (χ4v) is 2.00. The number of amides is 1. The quantitative estimate of drug-likeness (QED) is 0.801. The highest BCUT2D eigenvalue weighted by atomic mass is 16.1. The summed E-state index contributed by atoms with van der Waals surface area (Å²) in [6.07, 6.45) is 4.97. The molecule has 0 unspecified atom stereocenters. The van der Waals surface area contributed by atoms with E-state index in [-0.39, 0.29) is 5.91 Å². The lowest BCUT2D eigenvalue weighted by molar-refractivity contribution is 0.102. The monoisotopic (exact) mass is 278 g/mol. The van der Waals surface area contributed by atoms with Gasteiger partial charge in [0.1, 0.15) is 0 Å². The van der Waals surface area contributed by atoms with Crippen LogP contribution < -0.4 is 5.32 Å². The summed E-state index contributed by atoms with van der Waals surface area (Å²) in [6, 6.07) is 13.4. The number of carbonyl (C=O) groups excluding carboxylic acids is 1. The second kappa shape index (κ2) is 5.58. The topological polar surface area (TPSA) is 59.8 Å². The van der Waals surface area contributed by atoms with Crippen LogP contribution in [0.5, 0.6) is 0 Å². The Morgan fingerprint density at radius 1 is 1.14 bits per heavy atom. The third kappa shape index (κ3) is 2.97. The maximum atomic E-state index is 12.0. The van der Waals surface area contributed by atoms with E-state index in [1.165, 1.54) is 6.20 Å². The molecule has 1 amide bonds. The van der Waals surface area contributed by atoms with Gasteiger partial charge in [0.15, 0.2) is 0 Å². The van der Waals surface area contributed by atoms with Crippen molar-refractivity contribution in [3.8, 4) is 11.3 Å². The smallest absolute Gasteiger partial charge is 0.258 e. The molecule has 0 aliphatic rings. The number of rotatable bonds is 3. The number of nitrogens with zero attached hydrogens (tertiary/aromatic N) is 3. The standard InChI is InChI=1S/C16H14N4O/c1-20-11-13(10-18-20)16(21)19-14-7-5-12(6-8-14)15-4-2-3-9-17-15/h2-11H,1H3,(H,19,21). The number of carbonyl (C=O) groups is 1. The highest BCUT2D eigenvalue weighted by Gasteiger charge is 2.08. The lowest BCUT2D eigenvalue weighted by Crippen LogP contribution is -2.10. The lowest BCUT2D eigenvalue weighted by atomic mass is 10.1. The molecule has 1 aromatic carbocycles. The van der Waals surface area contributed by atoms with E-state index >= 15 is 0 Å². The molecule has 21 heavy (non-hydrogen) atoms. The Bertz CT molecular complexity index is 747. The zero-order valence-corrected chi connectivity index (χ0v) is 11.5. The number of aryl methyl sites for hydroxylation is 1. The predicted octanol–water partition coefficient (Wildman–Crippen LogP) is 2.73. The van der Waals surface area contributed by atoms with Crippen LogP contribution in [-0.4, -0.2) is 20.7 Å². The number of nitrogens with one attached hydrogen (secondary N) is 1. The first kappa shape index (κ1) is 13.1. The molecule has 5 heteroatoms. The number of hydrogen-bond donors (Lipinski definition) is 1. The van der Waals surface area contributed by atoms with Crippen LogP contribution in [0.1, 0.15) is 10.4 Å². The highest BCUT2D eigenvalue weighted by molar-refractivity contribution is 6.04. The van der Waals surface area contributed by atoms with Gasteiger partial charge < -0.3 is 5.32 Å². The van der Waals surface area contributed by atoms with Crippen molar-refractivity contribution in [2.24, 2.45) is 7.05 Å². The van der Waals surface area contributed by atoms with E-state index in [2.05, 4.69) is 15.4 Å². The van der Waals surface area contributed by atoms with Crippen LogP contribution in [0.2, 0.25) is 0 Å². The molecule has 0 fully saturated rings. The first-order valence-corrected chi connectivity index (χ1v) is 6.54. The van der Waals surface area contributed by atoms with Crippen molar-refractivity contribution < 1.29 is 4.79 Å². The molecule has 1 N–H and O–H groups in total. The molecular weight excluding hydrogens is 264 g/mol. The summed E-state index contributed by atoms with van der Waals surface area (Å²) < 4.78 is 1.60. The van der Waals surface area contributed by atoms with Gasteiger partial charge in [-0.25, -0.2) is 0 Å². The number of benzene rings is 1. The maximum absolute atomic E-state index is 12.0. The fraction of sp³-hybridized carbons (Fsp3) is 0.0625. The molecule has 2 heterocycles. The second-order valence-electron chi connectivity index (χ2n) is 4.65. The Morgan fingerprint density at radius 3 is 2.57 bits per heavy atom. The molecular formula is C16H14N4O. The van der Waals surface area contributed by atoms with Gasteiger partial charge in [-0.05, 0) is 24.3 Å². The van der Waals surface area contributed by atoms with Gasteiger partial charge in [-0.2, -0.15) is 5.10 Å². The molecule has 5 nitrogen and oxygen atoms in total. The Morgan fingerprint density at radius 2 is 1.95 bits per heavy atom. The summed E-state index contributed by atoms with van der Waals surface area (Å²) in [5.74, 6) is -0.173. The van der Waals surface area contributed by atoms with Crippen LogP contribution in [0.3, 0.4) is 0 Å². The molecule has 0 atom stereocenters. The molecule has 0 spiro atoms. The van der Waals surface area contributed by atoms with Crippen molar-refractivity contribution >= 4 is 11.6 Å². The van der Waals surface area contributed by atoms with Crippen LogP contribution >= 0.6 is 0 Å². The van der Waals surface area contributed by atoms with Crippen molar-refractivity contribution in [1.82, 2.24) is 14.8 Å². The van der Waals surface area contributed by atoms with E-state index in [9.17, 15) is 4.79 Å². The molecule has 0 bridgehead atoms. The Hall–Kier alpha value is -2.95. The van der Waals surface area contributed by atoms with Gasteiger partial charge in [0.25, 0.3) is 5.91 Å². The minimum Gasteiger partial charge on any atom is -0.322 e. The zero-order valence-electron chi connectivity index (χ0n) is 11.5. The molecule has 104 valence electrons. The van der Waals surface area contributed by atoms with Crippen molar-refractivity contribution in [3.63, 3.8) is 0 Å². The minimum absolute atomic E-state index is 0.173. The summed E-state index contributed by atoms with van der Waals surface area (Å²) in [7, 11) is 1.78. The summed E-state index contributed by atoms with van der Waals surface area (Å²) in [4.78, 5) is 16.3. The fourth-order valence-electron chi connectivity index (χ4n) is 2.00. The van der Waals surface area contributed by atoms with Gasteiger partial charge in [-0.1, -0.05) is 18.2 Å². The highest BCUT2D eigenvalue weighted by Crippen LogP contribution is 2.19. The van der Waals surface area contributed by atoms with Crippen molar-refractivity contribution in [1.29, 1.82) is 0 Å². The summed E-state index contributed by atoms with van der Waals surface area (Å²) >= 11 is 0. The van der Waals surface area contributed by atoms with Crippen LogP contribution in [0.25, 0.3) is 11.3 Å². The van der Waals surface area contributed by atoms with Gasteiger partial charge >= 0.3 is 0 Å². The Kier molecular flexibility index (Phi) is 3.47. The number of aromatic nitrogens is 3. The lowest BCUT2D eigenvalue weighted by Gasteiger charge is -2.05. The SMILES string of the molecule is Cn1cc(C(=O)Nc2ccc(-c3ccccn3)cc2)cn1. The molecule has 0 saturated carbocycles. The van der Waals surface area contributed by atoms with Gasteiger partial charge in [0.2, 0.25) is 0 Å². The number of anilines is 1. The summed E-state index contributed by atoms with van der Waals surface area (Å²) in [5, 5.41) is 6.82. The van der Waals surface area contributed by atoms with Gasteiger partial charge in [-0.3, -0.25) is 14.5 Å². The van der Waals surface area contributed by atoms with Crippen molar-refractivity contribution in [2.45, 2.75) is 0 Å². The van der Waals surface area contributed by atoms with Crippen LogP contribution in [0, 0.1) is 0 Å². The van der Waals surface area contributed by atoms with Gasteiger partial charge in [0.05, 0.1) is 17.5 Å². The van der Waals surface area contributed by atoms with E-state index in [4.69, 9.17) is 0 Å². The normalized spacial score (nSPS) is 10.3. The van der Waals surface area contributed by atoms with E-state index in [1.54, 1.807) is 24.1 Å². The Labute approximate surface area is 122 Å². The average Bonchev–Trinajstić information content (AvgIpc) is 2.96. The molecule has 3 rings (SSSR count). The van der Waals surface area contributed by atoms with Crippen LogP contribution in [-0.2, 0) is 7.05 Å². The number of pyridine rings is 1. The van der Waals surface area contributed by atoms with Gasteiger partial charge in [-0.15, -0.1) is 0 Å². The first-order valence-electron chi connectivity index (χ1n) is 6.54. The second-order valence-corrected chi connectivity index (χ2v) is 4.65. The van der Waals surface area contributed by atoms with Crippen molar-refractivity contribution in [3.05, 3.63) is 66.6 Å². The molecule has 2 aromatic heterocycles. The third-order valence-electron chi connectivity index (χ3n) is 3.07. The molecule has 0 aliphatic heterocycles. The zero-order chi connectivity index (χ0) is 14.7. The summed E-state index contributed by atoms with van der Waals surface area (Å²) in [6.45, 7) is 0. The van der Waals surface area contributed by atoms with Crippen molar-refractivity contribution in [2.75, 3.05) is 5.32 Å². The van der Waals surface area contributed by atoms with E-state index in [0.29, 0.717) is 5.56 Å². The minimum atomic E-state index is -0.173. The van der Waals surface area contributed by atoms with Crippen LogP contribution in [0.15, 0.2) is 61.1 Å². The molecule has 3 aromatic rings. The van der Waals surface area contributed by atoms with E-state index in [0.717, 1.165) is 16.9 Å². The van der Waals surface area contributed by atoms with E-state index in [1.807, 2.05) is 42.5 Å². The summed E-state index contributed by atoms with van der Waals surface area (Å²) in [5.41, 5.74) is 3.19. The largest absolute Gasteiger partial charge is 0.322 e. The first-order chi connectivity index (χ1) is 10.2.